The predicted molar refractivity (Wildman–Crippen MR) is 86.0 cm³/mol. The first-order valence-electron chi connectivity index (χ1n) is 7.98. The van der Waals surface area contributed by atoms with E-state index in [4.69, 9.17) is 4.74 Å². The topological polar surface area (TPSA) is 75.9 Å². The number of nitro benzene ring substituents is 1. The molecule has 1 amide bonds. The lowest BCUT2D eigenvalue weighted by Crippen LogP contribution is -2.42. The van der Waals surface area contributed by atoms with Crippen molar-refractivity contribution in [1.29, 1.82) is 0 Å². The average Bonchev–Trinajstić information content (AvgIpc) is 3.05. The van der Waals surface area contributed by atoms with Crippen LogP contribution in [0.2, 0.25) is 0 Å². The van der Waals surface area contributed by atoms with Crippen LogP contribution in [0.5, 0.6) is 5.75 Å². The summed E-state index contributed by atoms with van der Waals surface area (Å²) < 4.78 is 5.12. The lowest BCUT2D eigenvalue weighted by atomic mass is 10.00. The van der Waals surface area contributed by atoms with E-state index in [1.165, 1.54) is 13.2 Å². The molecule has 0 saturated carbocycles. The van der Waals surface area contributed by atoms with Gasteiger partial charge in [0.2, 0.25) is 5.91 Å². The number of hydrogen-bond donors (Lipinski definition) is 0. The summed E-state index contributed by atoms with van der Waals surface area (Å²) in [4.78, 5) is 27.3. The fraction of sp³-hybridized carbons (Fsp3) is 0.562. The van der Waals surface area contributed by atoms with Crippen molar-refractivity contribution in [2.24, 2.45) is 0 Å². The first kappa shape index (κ1) is 15.7. The van der Waals surface area contributed by atoms with Crippen LogP contribution in [0.1, 0.15) is 24.8 Å². The number of aryl methyl sites for hydroxylation is 1. The van der Waals surface area contributed by atoms with E-state index in [2.05, 4.69) is 4.90 Å². The molecule has 0 N–H and O–H groups in total. The number of methoxy groups -OCH3 is 1. The number of amides is 1. The molecule has 2 heterocycles. The second kappa shape index (κ2) is 6.54. The summed E-state index contributed by atoms with van der Waals surface area (Å²) >= 11 is 0. The Hall–Kier alpha value is -2.15. The normalized spacial score (nSPS) is 17.9. The van der Waals surface area contributed by atoms with Crippen molar-refractivity contribution in [3.05, 3.63) is 27.8 Å². The summed E-state index contributed by atoms with van der Waals surface area (Å²) in [6.07, 6.45) is 3.93. The van der Waals surface area contributed by atoms with E-state index in [1.807, 2.05) is 0 Å². The number of ether oxygens (including phenoxy) is 1. The lowest BCUT2D eigenvalue weighted by Gasteiger charge is -2.31. The van der Waals surface area contributed by atoms with Gasteiger partial charge in [-0.1, -0.05) is 0 Å². The van der Waals surface area contributed by atoms with E-state index in [-0.39, 0.29) is 17.3 Å². The molecule has 1 fully saturated rings. The molecule has 0 bridgehead atoms. The van der Waals surface area contributed by atoms with Crippen molar-refractivity contribution in [3.8, 4) is 5.75 Å². The number of likely N-dealkylation sites (tertiary alicyclic amines) is 1. The Labute approximate surface area is 135 Å². The third kappa shape index (κ3) is 3.14. The van der Waals surface area contributed by atoms with Crippen molar-refractivity contribution < 1.29 is 14.5 Å². The first-order chi connectivity index (χ1) is 11.1. The molecule has 2 aliphatic rings. The van der Waals surface area contributed by atoms with E-state index >= 15 is 0 Å². The zero-order valence-electron chi connectivity index (χ0n) is 13.3. The summed E-state index contributed by atoms with van der Waals surface area (Å²) in [5.74, 6) is 0.273. The van der Waals surface area contributed by atoms with Crippen molar-refractivity contribution in [3.63, 3.8) is 0 Å². The van der Waals surface area contributed by atoms with Crippen molar-refractivity contribution in [2.45, 2.75) is 25.7 Å². The van der Waals surface area contributed by atoms with Crippen LogP contribution in [0.4, 0.5) is 11.4 Å². The summed E-state index contributed by atoms with van der Waals surface area (Å²) in [5, 5.41) is 11.2. The molecule has 0 unspecified atom stereocenters. The van der Waals surface area contributed by atoms with Gasteiger partial charge in [-0.15, -0.1) is 0 Å². The Morgan fingerprint density at radius 2 is 2.00 bits per heavy atom. The summed E-state index contributed by atoms with van der Waals surface area (Å²) in [7, 11) is 1.42. The maximum atomic E-state index is 12.6. The Morgan fingerprint density at radius 1 is 1.26 bits per heavy atom. The number of hydrogen-bond acceptors (Lipinski definition) is 5. The molecule has 0 radical (unpaired) electrons. The monoisotopic (exact) mass is 319 g/mol. The van der Waals surface area contributed by atoms with Gasteiger partial charge in [0.15, 0.2) is 5.75 Å². The van der Waals surface area contributed by atoms with Gasteiger partial charge in [-0.3, -0.25) is 19.8 Å². The Kier molecular flexibility index (Phi) is 4.47. The molecular formula is C16H21N3O4. The SMILES string of the molecule is COc1cc2c(cc1[N+](=O)[O-])N(C(=O)CN1CCCC1)CCC2. The highest BCUT2D eigenvalue weighted by Crippen LogP contribution is 2.37. The molecule has 1 saturated heterocycles. The number of nitro groups is 1. The van der Waals surface area contributed by atoms with E-state index in [0.29, 0.717) is 18.8 Å². The van der Waals surface area contributed by atoms with Crippen LogP contribution in [0.3, 0.4) is 0 Å². The number of carbonyl (C=O) groups excluding carboxylic acids is 1. The lowest BCUT2D eigenvalue weighted by molar-refractivity contribution is -0.385. The van der Waals surface area contributed by atoms with E-state index in [1.54, 1.807) is 11.0 Å². The molecule has 0 spiro atoms. The van der Waals surface area contributed by atoms with E-state index < -0.39 is 4.92 Å². The number of carbonyl (C=O) groups is 1. The molecule has 1 aromatic rings. The third-order valence-electron chi connectivity index (χ3n) is 4.55. The van der Waals surface area contributed by atoms with Gasteiger partial charge in [0.25, 0.3) is 0 Å². The van der Waals surface area contributed by atoms with Crippen LogP contribution in [-0.4, -0.2) is 49.0 Å². The molecule has 7 nitrogen and oxygen atoms in total. The van der Waals surface area contributed by atoms with Crippen LogP contribution in [0.25, 0.3) is 0 Å². The quantitative estimate of drug-likeness (QED) is 0.626. The maximum absolute atomic E-state index is 12.6. The molecule has 124 valence electrons. The molecular weight excluding hydrogens is 298 g/mol. The molecule has 7 heteroatoms. The average molecular weight is 319 g/mol. The third-order valence-corrected chi connectivity index (χ3v) is 4.55. The molecule has 0 aromatic heterocycles. The standard InChI is InChI=1S/C16H21N3O4/c1-23-15-9-12-5-4-8-18(13(12)10-14(15)19(21)22)16(20)11-17-6-2-3-7-17/h9-10H,2-8,11H2,1H3. The molecule has 2 aliphatic heterocycles. The number of anilines is 1. The van der Waals surface area contributed by atoms with Gasteiger partial charge >= 0.3 is 5.69 Å². The summed E-state index contributed by atoms with van der Waals surface area (Å²) in [6.45, 7) is 2.91. The Balaban J connectivity index is 1.89. The fourth-order valence-electron chi connectivity index (χ4n) is 3.38. The van der Waals surface area contributed by atoms with Crippen molar-refractivity contribution in [2.75, 3.05) is 38.2 Å². The van der Waals surface area contributed by atoms with Gasteiger partial charge in [0.05, 0.1) is 24.3 Å². The largest absolute Gasteiger partial charge is 0.490 e. The molecule has 3 rings (SSSR count). The zero-order valence-corrected chi connectivity index (χ0v) is 13.3. The Morgan fingerprint density at radius 3 is 2.65 bits per heavy atom. The van der Waals surface area contributed by atoms with E-state index in [9.17, 15) is 14.9 Å². The van der Waals surface area contributed by atoms with Crippen molar-refractivity contribution >= 4 is 17.3 Å². The fourth-order valence-corrected chi connectivity index (χ4v) is 3.38. The zero-order chi connectivity index (χ0) is 16.4. The first-order valence-corrected chi connectivity index (χ1v) is 7.98. The molecule has 0 aliphatic carbocycles. The summed E-state index contributed by atoms with van der Waals surface area (Å²) in [5.41, 5.74) is 1.51. The molecule has 0 atom stereocenters. The van der Waals surface area contributed by atoms with Crippen LogP contribution >= 0.6 is 0 Å². The van der Waals surface area contributed by atoms with Crippen LogP contribution < -0.4 is 9.64 Å². The van der Waals surface area contributed by atoms with Gasteiger partial charge in [-0.25, -0.2) is 0 Å². The Bertz CT molecular complexity index is 626. The number of benzene rings is 1. The smallest absolute Gasteiger partial charge is 0.313 e. The minimum Gasteiger partial charge on any atom is -0.490 e. The number of rotatable bonds is 4. The van der Waals surface area contributed by atoms with Crippen LogP contribution in [-0.2, 0) is 11.2 Å². The van der Waals surface area contributed by atoms with Gasteiger partial charge in [-0.2, -0.15) is 0 Å². The van der Waals surface area contributed by atoms with Gasteiger partial charge in [0.1, 0.15) is 0 Å². The van der Waals surface area contributed by atoms with Gasteiger partial charge in [0, 0.05) is 12.6 Å². The minimum absolute atomic E-state index is 0.0207. The predicted octanol–water partition coefficient (Wildman–Crippen LogP) is 1.98. The molecule has 23 heavy (non-hydrogen) atoms. The molecule has 1 aromatic carbocycles. The second-order valence-electron chi connectivity index (χ2n) is 6.04. The van der Waals surface area contributed by atoms with E-state index in [0.717, 1.165) is 44.3 Å². The number of fused-ring (bicyclic) bond motifs is 1. The maximum Gasteiger partial charge on any atom is 0.313 e. The number of nitrogens with zero attached hydrogens (tertiary/aromatic N) is 3. The van der Waals surface area contributed by atoms with Crippen LogP contribution in [0.15, 0.2) is 12.1 Å². The van der Waals surface area contributed by atoms with Crippen LogP contribution in [0, 0.1) is 10.1 Å². The summed E-state index contributed by atoms with van der Waals surface area (Å²) in [6, 6.07) is 3.18. The van der Waals surface area contributed by atoms with Gasteiger partial charge in [-0.05, 0) is 50.4 Å². The van der Waals surface area contributed by atoms with Crippen molar-refractivity contribution in [1.82, 2.24) is 4.90 Å². The second-order valence-corrected chi connectivity index (χ2v) is 6.04. The highest BCUT2D eigenvalue weighted by Gasteiger charge is 2.29. The minimum atomic E-state index is -0.461. The van der Waals surface area contributed by atoms with Gasteiger partial charge < -0.3 is 9.64 Å². The highest BCUT2D eigenvalue weighted by atomic mass is 16.6. The highest BCUT2D eigenvalue weighted by molar-refractivity contribution is 5.96.